The molecule has 1 aliphatic carbocycles. The molecule has 0 saturated heterocycles. The summed E-state index contributed by atoms with van der Waals surface area (Å²) in [4.78, 5) is 41.8. The van der Waals surface area contributed by atoms with Gasteiger partial charge in [-0.2, -0.15) is 0 Å². The number of esters is 1. The molecular formula is C28H23N3O5. The van der Waals surface area contributed by atoms with E-state index in [-0.39, 0.29) is 0 Å². The lowest BCUT2D eigenvalue weighted by atomic mass is 9.86. The number of nitrogens with one attached hydrogen (secondary N) is 1. The van der Waals surface area contributed by atoms with E-state index in [1.54, 1.807) is 18.4 Å². The van der Waals surface area contributed by atoms with E-state index in [0.717, 1.165) is 35.4 Å². The second-order valence-corrected chi connectivity index (χ2v) is 8.44. The highest BCUT2D eigenvalue weighted by Crippen LogP contribution is 2.36. The van der Waals surface area contributed by atoms with Crippen LogP contribution in [-0.4, -0.2) is 29.4 Å². The van der Waals surface area contributed by atoms with Gasteiger partial charge in [0.05, 0.1) is 23.0 Å². The number of carbonyl (C=O) groups is 3. The van der Waals surface area contributed by atoms with Gasteiger partial charge in [0.2, 0.25) is 5.91 Å². The Balaban J connectivity index is 1.40. The van der Waals surface area contributed by atoms with Crippen LogP contribution in [0.4, 0.5) is 5.69 Å². The highest BCUT2D eigenvalue weighted by atomic mass is 16.5. The molecule has 0 radical (unpaired) electrons. The summed E-state index contributed by atoms with van der Waals surface area (Å²) in [6.07, 6.45) is 5.90. The van der Waals surface area contributed by atoms with Crippen LogP contribution in [0.15, 0.2) is 71.3 Å². The number of primary amides is 1. The Hall–Kier alpha value is -4.72. The van der Waals surface area contributed by atoms with Gasteiger partial charge in [-0.1, -0.05) is 18.2 Å². The zero-order valence-electron chi connectivity index (χ0n) is 19.3. The average molecular weight is 482 g/mol. The summed E-state index contributed by atoms with van der Waals surface area (Å²) in [5.74, 6) is -0.918. The first-order valence-corrected chi connectivity index (χ1v) is 11.5. The third-order valence-electron chi connectivity index (χ3n) is 6.02. The smallest absolute Gasteiger partial charge is 0.339 e. The first-order valence-electron chi connectivity index (χ1n) is 11.5. The maximum absolute atomic E-state index is 13.3. The number of ether oxygens (including phenoxy) is 1. The van der Waals surface area contributed by atoms with E-state index in [4.69, 9.17) is 19.9 Å². The second-order valence-electron chi connectivity index (χ2n) is 8.44. The number of amides is 2. The summed E-state index contributed by atoms with van der Waals surface area (Å²) < 4.78 is 10.9. The van der Waals surface area contributed by atoms with Crippen molar-refractivity contribution >= 4 is 46.0 Å². The van der Waals surface area contributed by atoms with Crippen molar-refractivity contribution in [3.8, 4) is 0 Å². The molecule has 0 aliphatic heterocycles. The average Bonchev–Trinajstić information content (AvgIpc) is 3.40. The SMILES string of the molecule is NC(=O)c1ccc(NC(=O)COC(=O)c2c3c(nc4ccccc24)/C(=C/c2ccco2)CCC3)cc1. The van der Waals surface area contributed by atoms with Gasteiger partial charge in [0, 0.05) is 16.6 Å². The standard InChI is InChI=1S/C28H23N3O5/c29-27(33)17-10-12-19(13-11-17)30-24(32)16-36-28(34)25-21-7-1-2-9-23(21)31-26-18(5-3-8-22(25)26)15-20-6-4-14-35-20/h1-2,4,6-7,9-15H,3,5,8,16H2,(H2,29,33)(H,30,32)/b18-15+. The van der Waals surface area contributed by atoms with Crippen LogP contribution in [0, 0.1) is 0 Å². The van der Waals surface area contributed by atoms with Crippen LogP contribution < -0.4 is 11.1 Å². The maximum atomic E-state index is 13.3. The molecule has 0 atom stereocenters. The van der Waals surface area contributed by atoms with Gasteiger partial charge in [0.1, 0.15) is 5.76 Å². The molecule has 0 bridgehead atoms. The summed E-state index contributed by atoms with van der Waals surface area (Å²) in [7, 11) is 0. The fraction of sp³-hybridized carbons (Fsp3) is 0.143. The van der Waals surface area contributed by atoms with Crippen molar-refractivity contribution in [2.75, 3.05) is 11.9 Å². The number of allylic oxidation sites excluding steroid dienone is 1. The molecule has 4 aromatic rings. The van der Waals surface area contributed by atoms with E-state index in [1.807, 2.05) is 42.5 Å². The molecule has 0 fully saturated rings. The molecule has 2 heterocycles. The summed E-state index contributed by atoms with van der Waals surface area (Å²) in [6.45, 7) is -0.461. The van der Waals surface area contributed by atoms with Crippen LogP contribution >= 0.6 is 0 Å². The minimum atomic E-state index is -0.580. The van der Waals surface area contributed by atoms with Gasteiger partial charge in [-0.25, -0.2) is 9.78 Å². The van der Waals surface area contributed by atoms with Gasteiger partial charge >= 0.3 is 5.97 Å². The Morgan fingerprint density at radius 3 is 2.58 bits per heavy atom. The molecule has 2 aromatic carbocycles. The van der Waals surface area contributed by atoms with Crippen LogP contribution in [0.5, 0.6) is 0 Å². The van der Waals surface area contributed by atoms with Gasteiger partial charge in [-0.3, -0.25) is 9.59 Å². The second kappa shape index (κ2) is 9.87. The molecule has 5 rings (SSSR count). The van der Waals surface area contributed by atoms with Crippen molar-refractivity contribution in [3.05, 3.63) is 95.1 Å². The molecule has 1 aliphatic rings. The van der Waals surface area contributed by atoms with Crippen molar-refractivity contribution in [3.63, 3.8) is 0 Å². The zero-order valence-corrected chi connectivity index (χ0v) is 19.3. The van der Waals surface area contributed by atoms with Crippen LogP contribution in [0.2, 0.25) is 0 Å². The number of fused-ring (bicyclic) bond motifs is 2. The molecule has 0 spiro atoms. The predicted molar refractivity (Wildman–Crippen MR) is 135 cm³/mol. The Morgan fingerprint density at radius 2 is 1.83 bits per heavy atom. The molecule has 2 aromatic heterocycles. The van der Waals surface area contributed by atoms with E-state index in [9.17, 15) is 14.4 Å². The van der Waals surface area contributed by atoms with Crippen LogP contribution in [0.25, 0.3) is 22.6 Å². The largest absolute Gasteiger partial charge is 0.465 e. The quantitative estimate of drug-likeness (QED) is 0.388. The fourth-order valence-electron chi connectivity index (χ4n) is 4.37. The molecule has 180 valence electrons. The molecular weight excluding hydrogens is 458 g/mol. The zero-order chi connectivity index (χ0) is 25.1. The van der Waals surface area contributed by atoms with E-state index in [2.05, 4.69) is 5.32 Å². The molecule has 0 saturated carbocycles. The van der Waals surface area contributed by atoms with E-state index in [0.29, 0.717) is 34.1 Å². The summed E-state index contributed by atoms with van der Waals surface area (Å²) in [5.41, 5.74) is 9.68. The Kier molecular flexibility index (Phi) is 6.32. The number of pyridine rings is 1. The Labute approximate surface area is 206 Å². The minimum Gasteiger partial charge on any atom is -0.465 e. The first-order chi connectivity index (χ1) is 17.5. The molecule has 8 heteroatoms. The number of rotatable bonds is 6. The molecule has 3 N–H and O–H groups in total. The van der Waals surface area contributed by atoms with Crippen molar-refractivity contribution in [1.29, 1.82) is 0 Å². The predicted octanol–water partition coefficient (Wildman–Crippen LogP) is 4.60. The number of aromatic nitrogens is 1. The number of hydrogen-bond acceptors (Lipinski definition) is 6. The topological polar surface area (TPSA) is 125 Å². The van der Waals surface area contributed by atoms with Crippen molar-refractivity contribution < 1.29 is 23.5 Å². The number of furan rings is 1. The van der Waals surface area contributed by atoms with Crippen LogP contribution in [0.3, 0.4) is 0 Å². The number of nitrogens with two attached hydrogens (primary N) is 1. The van der Waals surface area contributed by atoms with Crippen molar-refractivity contribution in [1.82, 2.24) is 4.98 Å². The molecule has 36 heavy (non-hydrogen) atoms. The highest BCUT2D eigenvalue weighted by molar-refractivity contribution is 6.07. The van der Waals surface area contributed by atoms with Crippen LogP contribution in [-0.2, 0) is 16.0 Å². The highest BCUT2D eigenvalue weighted by Gasteiger charge is 2.26. The lowest BCUT2D eigenvalue weighted by molar-refractivity contribution is -0.119. The molecule has 2 amide bonds. The number of hydrogen-bond donors (Lipinski definition) is 2. The third kappa shape index (κ3) is 4.74. The maximum Gasteiger partial charge on any atom is 0.339 e. The normalized spacial score (nSPS) is 13.8. The fourth-order valence-corrected chi connectivity index (χ4v) is 4.37. The monoisotopic (exact) mass is 481 g/mol. The van der Waals surface area contributed by atoms with E-state index < -0.39 is 24.4 Å². The molecule has 8 nitrogen and oxygen atoms in total. The summed E-state index contributed by atoms with van der Waals surface area (Å²) >= 11 is 0. The number of benzene rings is 2. The van der Waals surface area contributed by atoms with Crippen LogP contribution in [0.1, 0.15) is 50.6 Å². The summed E-state index contributed by atoms with van der Waals surface area (Å²) in [6, 6.07) is 17.2. The lowest BCUT2D eigenvalue weighted by Gasteiger charge is -2.22. The van der Waals surface area contributed by atoms with Gasteiger partial charge in [0.15, 0.2) is 6.61 Å². The number of para-hydroxylation sites is 1. The Morgan fingerprint density at radius 1 is 1.03 bits per heavy atom. The van der Waals surface area contributed by atoms with Gasteiger partial charge in [0.25, 0.3) is 5.91 Å². The number of carbonyl (C=O) groups excluding carboxylic acids is 3. The number of anilines is 1. The van der Waals surface area contributed by atoms with Gasteiger partial charge in [-0.15, -0.1) is 0 Å². The number of nitrogens with zero attached hydrogens (tertiary/aromatic N) is 1. The third-order valence-corrected chi connectivity index (χ3v) is 6.02. The minimum absolute atomic E-state index is 0.328. The van der Waals surface area contributed by atoms with Gasteiger partial charge in [-0.05, 0) is 78.9 Å². The van der Waals surface area contributed by atoms with E-state index in [1.165, 1.54) is 12.1 Å². The molecule has 0 unspecified atom stereocenters. The first kappa shape index (κ1) is 23.0. The van der Waals surface area contributed by atoms with Crippen molar-refractivity contribution in [2.24, 2.45) is 5.73 Å². The van der Waals surface area contributed by atoms with E-state index >= 15 is 0 Å². The van der Waals surface area contributed by atoms with Gasteiger partial charge < -0.3 is 20.2 Å². The lowest BCUT2D eigenvalue weighted by Crippen LogP contribution is -2.22. The van der Waals surface area contributed by atoms with Crippen molar-refractivity contribution in [2.45, 2.75) is 19.3 Å². The summed E-state index contributed by atoms with van der Waals surface area (Å²) in [5, 5.41) is 3.33. The Bertz CT molecular complexity index is 1490.